The normalized spacial score (nSPS) is 11.5. The second-order valence-corrected chi connectivity index (χ2v) is 5.12. The van der Waals surface area contributed by atoms with Crippen LogP contribution in [0.3, 0.4) is 0 Å². The van der Waals surface area contributed by atoms with Crippen LogP contribution < -0.4 is 5.32 Å². The lowest BCUT2D eigenvalue weighted by Crippen LogP contribution is -2.04. The summed E-state index contributed by atoms with van der Waals surface area (Å²) in [4.78, 5) is 0. The number of hydrogen-bond donors (Lipinski definition) is 1. The fourth-order valence-electron chi connectivity index (χ4n) is 2.74. The van der Waals surface area contributed by atoms with Gasteiger partial charge in [0.25, 0.3) is 0 Å². The fourth-order valence-corrected chi connectivity index (χ4v) is 2.91. The van der Waals surface area contributed by atoms with Crippen LogP contribution in [0.4, 0.5) is 0 Å². The molecule has 0 atom stereocenters. The maximum atomic E-state index is 5.94. The van der Waals surface area contributed by atoms with Crippen molar-refractivity contribution in [2.45, 2.75) is 13.1 Å². The Bertz CT molecular complexity index is 715. The molecule has 3 rings (SSSR count). The van der Waals surface area contributed by atoms with E-state index >= 15 is 0 Å². The molecule has 0 saturated heterocycles. The molecule has 2 nitrogen and oxygen atoms in total. The predicted octanol–water partition coefficient (Wildman–Crippen LogP) is 3.75. The first-order valence-corrected chi connectivity index (χ1v) is 7.09. The molecule has 0 bridgehead atoms. The average Bonchev–Trinajstić information content (AvgIpc) is 2.75. The first-order chi connectivity index (χ1) is 9.35. The maximum absolute atomic E-state index is 5.94. The molecule has 1 heterocycles. The van der Waals surface area contributed by atoms with Crippen LogP contribution in [0.1, 0.15) is 5.56 Å². The molecule has 0 saturated carbocycles. The first kappa shape index (κ1) is 12.5. The van der Waals surface area contributed by atoms with Crippen LogP contribution in [0.5, 0.6) is 0 Å². The number of benzene rings is 2. The Hall–Kier alpha value is -1.51. The summed E-state index contributed by atoms with van der Waals surface area (Å²) in [7, 11) is 1.97. The minimum atomic E-state index is 0.631. The number of halogens is 1. The van der Waals surface area contributed by atoms with Crippen molar-refractivity contribution < 1.29 is 0 Å². The highest BCUT2D eigenvalue weighted by Gasteiger charge is 2.09. The zero-order valence-electron chi connectivity index (χ0n) is 11.0. The lowest BCUT2D eigenvalue weighted by molar-refractivity contribution is 0.816. The molecule has 98 valence electrons. The molecular weight excluding hydrogens is 256 g/mol. The van der Waals surface area contributed by atoms with E-state index in [0.717, 1.165) is 13.1 Å². The lowest BCUT2D eigenvalue weighted by atomic mass is 10.1. The molecule has 0 spiro atoms. The molecule has 0 aliphatic carbocycles. The Kier molecular flexibility index (Phi) is 3.45. The highest BCUT2D eigenvalue weighted by atomic mass is 35.5. The smallest absolute Gasteiger partial charge is 0.0491 e. The number of aromatic nitrogens is 1. The topological polar surface area (TPSA) is 17.0 Å². The van der Waals surface area contributed by atoms with Crippen LogP contribution >= 0.6 is 11.6 Å². The molecule has 0 aliphatic rings. The number of alkyl halides is 1. The number of para-hydroxylation sites is 1. The van der Waals surface area contributed by atoms with Crippen LogP contribution in [0.2, 0.25) is 0 Å². The van der Waals surface area contributed by atoms with Crippen LogP contribution in [0, 0.1) is 0 Å². The summed E-state index contributed by atoms with van der Waals surface area (Å²) >= 11 is 5.94. The highest BCUT2D eigenvalue weighted by Crippen LogP contribution is 2.29. The molecule has 0 aliphatic heterocycles. The Morgan fingerprint density at radius 2 is 1.84 bits per heavy atom. The fraction of sp³-hybridized carbons (Fsp3) is 0.250. The van der Waals surface area contributed by atoms with E-state index in [1.54, 1.807) is 0 Å². The Balaban J connectivity index is 2.32. The molecule has 3 aromatic rings. The van der Waals surface area contributed by atoms with Gasteiger partial charge in [-0.3, -0.25) is 0 Å². The second kappa shape index (κ2) is 5.24. The summed E-state index contributed by atoms with van der Waals surface area (Å²) in [6, 6.07) is 15.2. The third-order valence-corrected chi connectivity index (χ3v) is 3.69. The standard InChI is InChI=1S/C16H17ClN2/c1-18-11-12-6-7-16-14(10-12)13-4-2-3-5-15(13)19(16)9-8-17/h2-7,10,18H,8-9,11H2,1H3. The van der Waals surface area contributed by atoms with E-state index in [1.165, 1.54) is 27.4 Å². The van der Waals surface area contributed by atoms with Gasteiger partial charge < -0.3 is 9.88 Å². The van der Waals surface area contributed by atoms with Crippen molar-refractivity contribution in [3.63, 3.8) is 0 Å². The quantitative estimate of drug-likeness (QED) is 0.716. The van der Waals surface area contributed by atoms with Crippen LogP contribution in [0.25, 0.3) is 21.8 Å². The Labute approximate surface area is 118 Å². The Morgan fingerprint density at radius 1 is 1.05 bits per heavy atom. The van der Waals surface area contributed by atoms with Crippen LogP contribution in [0.15, 0.2) is 42.5 Å². The van der Waals surface area contributed by atoms with Crippen molar-refractivity contribution in [1.29, 1.82) is 0 Å². The summed E-state index contributed by atoms with van der Waals surface area (Å²) in [5.41, 5.74) is 3.84. The van der Waals surface area contributed by atoms with E-state index < -0.39 is 0 Å². The van der Waals surface area contributed by atoms with E-state index in [9.17, 15) is 0 Å². The zero-order valence-corrected chi connectivity index (χ0v) is 11.7. The predicted molar refractivity (Wildman–Crippen MR) is 82.9 cm³/mol. The van der Waals surface area contributed by atoms with E-state index in [1.807, 2.05) is 7.05 Å². The van der Waals surface area contributed by atoms with Crippen LogP contribution in [-0.4, -0.2) is 17.5 Å². The first-order valence-electron chi connectivity index (χ1n) is 6.55. The third-order valence-electron chi connectivity index (χ3n) is 3.53. The SMILES string of the molecule is CNCc1ccc2c(c1)c1ccccc1n2CCCl. The van der Waals surface area contributed by atoms with Gasteiger partial charge in [0.05, 0.1) is 0 Å². The summed E-state index contributed by atoms with van der Waals surface area (Å²) < 4.78 is 2.31. The van der Waals surface area contributed by atoms with E-state index in [4.69, 9.17) is 11.6 Å². The molecule has 0 amide bonds. The summed E-state index contributed by atoms with van der Waals surface area (Å²) in [5, 5.41) is 5.82. The van der Waals surface area contributed by atoms with E-state index in [0.29, 0.717) is 5.88 Å². The molecule has 0 unspecified atom stereocenters. The van der Waals surface area contributed by atoms with Gasteiger partial charge in [-0.1, -0.05) is 24.3 Å². The van der Waals surface area contributed by atoms with Gasteiger partial charge in [0.15, 0.2) is 0 Å². The number of hydrogen-bond acceptors (Lipinski definition) is 1. The molecule has 1 aromatic heterocycles. The monoisotopic (exact) mass is 272 g/mol. The van der Waals surface area contributed by atoms with Crippen molar-refractivity contribution in [1.82, 2.24) is 9.88 Å². The van der Waals surface area contributed by atoms with Gasteiger partial charge >= 0.3 is 0 Å². The minimum Gasteiger partial charge on any atom is -0.339 e. The zero-order chi connectivity index (χ0) is 13.2. The second-order valence-electron chi connectivity index (χ2n) is 4.74. The molecular formula is C16H17ClN2. The average molecular weight is 273 g/mol. The van der Waals surface area contributed by atoms with Gasteiger partial charge in [0.2, 0.25) is 0 Å². The summed E-state index contributed by atoms with van der Waals surface area (Å²) in [6.45, 7) is 1.74. The molecule has 0 radical (unpaired) electrons. The van der Waals surface area contributed by atoms with Crippen molar-refractivity contribution in [3.05, 3.63) is 48.0 Å². The minimum absolute atomic E-state index is 0.631. The highest BCUT2D eigenvalue weighted by molar-refractivity contribution is 6.18. The summed E-state index contributed by atoms with van der Waals surface area (Å²) in [5.74, 6) is 0.631. The van der Waals surface area contributed by atoms with E-state index in [2.05, 4.69) is 52.3 Å². The van der Waals surface area contributed by atoms with Gasteiger partial charge in [0, 0.05) is 40.8 Å². The number of fused-ring (bicyclic) bond motifs is 3. The van der Waals surface area contributed by atoms with Crippen LogP contribution in [-0.2, 0) is 13.1 Å². The molecule has 2 aromatic carbocycles. The van der Waals surface area contributed by atoms with Gasteiger partial charge in [0.1, 0.15) is 0 Å². The lowest BCUT2D eigenvalue weighted by Gasteiger charge is -2.05. The third kappa shape index (κ3) is 2.11. The van der Waals surface area contributed by atoms with Crippen molar-refractivity contribution >= 4 is 33.4 Å². The van der Waals surface area contributed by atoms with Gasteiger partial charge in [-0.25, -0.2) is 0 Å². The molecule has 3 heteroatoms. The van der Waals surface area contributed by atoms with Crippen molar-refractivity contribution in [2.75, 3.05) is 12.9 Å². The summed E-state index contributed by atoms with van der Waals surface area (Å²) in [6.07, 6.45) is 0. The molecule has 1 N–H and O–H groups in total. The van der Waals surface area contributed by atoms with E-state index in [-0.39, 0.29) is 0 Å². The number of aryl methyl sites for hydroxylation is 1. The van der Waals surface area contributed by atoms with Gasteiger partial charge in [-0.2, -0.15) is 0 Å². The molecule has 19 heavy (non-hydrogen) atoms. The largest absolute Gasteiger partial charge is 0.339 e. The Morgan fingerprint density at radius 3 is 2.63 bits per heavy atom. The molecule has 0 fully saturated rings. The van der Waals surface area contributed by atoms with Gasteiger partial charge in [-0.15, -0.1) is 11.6 Å². The number of rotatable bonds is 4. The van der Waals surface area contributed by atoms with Crippen molar-refractivity contribution in [2.24, 2.45) is 0 Å². The van der Waals surface area contributed by atoms with Crippen molar-refractivity contribution in [3.8, 4) is 0 Å². The number of nitrogens with zero attached hydrogens (tertiary/aromatic N) is 1. The van der Waals surface area contributed by atoms with Gasteiger partial charge in [-0.05, 0) is 30.8 Å². The maximum Gasteiger partial charge on any atom is 0.0491 e. The number of nitrogens with one attached hydrogen (secondary N) is 1.